The number of fused-ring (bicyclic) bond motifs is 1. The van der Waals surface area contributed by atoms with E-state index in [2.05, 4.69) is 5.32 Å². The van der Waals surface area contributed by atoms with E-state index in [0.29, 0.717) is 11.1 Å². The van der Waals surface area contributed by atoms with E-state index in [1.165, 1.54) is 0 Å². The molecule has 1 amide bonds. The predicted molar refractivity (Wildman–Crippen MR) is 90.0 cm³/mol. The Morgan fingerprint density at radius 3 is 2.43 bits per heavy atom. The fourth-order valence-corrected chi connectivity index (χ4v) is 3.92. The van der Waals surface area contributed by atoms with Crippen molar-refractivity contribution in [2.45, 2.75) is 4.90 Å². The molecule has 1 heterocycles. The number of hydrogen-bond acceptors (Lipinski definition) is 3. The lowest BCUT2D eigenvalue weighted by Gasteiger charge is -2.05. The molecule has 23 heavy (non-hydrogen) atoms. The maximum atomic E-state index is 12.6. The molecule has 1 aromatic heterocycles. The average molecular weight is 328 g/mol. The molecular formula is C17H16N2O3S. The van der Waals surface area contributed by atoms with Crippen LogP contribution in [0.3, 0.4) is 0 Å². The number of aromatic nitrogens is 1. The van der Waals surface area contributed by atoms with E-state index in [0.717, 1.165) is 5.52 Å². The van der Waals surface area contributed by atoms with Crippen LogP contribution in [0.25, 0.3) is 10.9 Å². The van der Waals surface area contributed by atoms with Crippen LogP contribution in [0.5, 0.6) is 0 Å². The van der Waals surface area contributed by atoms with Crippen LogP contribution < -0.4 is 5.32 Å². The Hall–Kier alpha value is -2.60. The van der Waals surface area contributed by atoms with Gasteiger partial charge in [-0.1, -0.05) is 36.4 Å². The summed E-state index contributed by atoms with van der Waals surface area (Å²) in [5.74, 6) is -1.14. The Bertz CT molecular complexity index is 960. The highest BCUT2D eigenvalue weighted by atomic mass is 32.2. The second kappa shape index (κ2) is 5.89. The van der Waals surface area contributed by atoms with Crippen molar-refractivity contribution >= 4 is 32.3 Å². The molecule has 0 aliphatic heterocycles. The van der Waals surface area contributed by atoms with Crippen LogP contribution in [0, 0.1) is 0 Å². The lowest BCUT2D eigenvalue weighted by Crippen LogP contribution is -2.22. The lowest BCUT2D eigenvalue weighted by molar-refractivity contribution is -0.113. The summed E-state index contributed by atoms with van der Waals surface area (Å²) in [7, 11) is -1.94. The third kappa shape index (κ3) is 3.12. The number of para-hydroxylation sites is 2. The van der Waals surface area contributed by atoms with E-state index in [9.17, 15) is 13.2 Å². The number of amides is 1. The standard InChI is InChI=1S/C17H16N2O3S/c1-19-11-16(14-9-5-6-10-15(14)19)23(21,22)12-17(20)18-13-7-3-2-4-8-13/h2-11H,12H2,1H3,(H,18,20). The number of carbonyl (C=O) groups is 1. The van der Waals surface area contributed by atoms with E-state index in [1.807, 2.05) is 18.2 Å². The van der Waals surface area contributed by atoms with E-state index in [4.69, 9.17) is 0 Å². The number of aryl methyl sites for hydroxylation is 1. The minimum absolute atomic E-state index is 0.179. The van der Waals surface area contributed by atoms with Crippen molar-refractivity contribution in [2.75, 3.05) is 11.1 Å². The summed E-state index contributed by atoms with van der Waals surface area (Å²) < 4.78 is 26.9. The van der Waals surface area contributed by atoms with Crippen molar-refractivity contribution in [2.24, 2.45) is 7.05 Å². The highest BCUT2D eigenvalue weighted by Crippen LogP contribution is 2.25. The molecule has 0 bridgehead atoms. The summed E-state index contributed by atoms with van der Waals surface area (Å²) in [6, 6.07) is 16.0. The third-order valence-corrected chi connectivity index (χ3v) is 5.21. The van der Waals surface area contributed by atoms with Gasteiger partial charge in [-0.25, -0.2) is 8.42 Å². The minimum atomic E-state index is -3.72. The summed E-state index contributed by atoms with van der Waals surface area (Å²) in [5.41, 5.74) is 1.39. The number of anilines is 1. The lowest BCUT2D eigenvalue weighted by atomic mass is 10.2. The van der Waals surface area contributed by atoms with Gasteiger partial charge in [-0.3, -0.25) is 4.79 Å². The molecule has 0 saturated heterocycles. The van der Waals surface area contributed by atoms with Crippen molar-refractivity contribution in [3.63, 3.8) is 0 Å². The van der Waals surface area contributed by atoms with Gasteiger partial charge in [-0.05, 0) is 18.2 Å². The van der Waals surface area contributed by atoms with Crippen molar-refractivity contribution in [1.82, 2.24) is 4.57 Å². The number of nitrogens with zero attached hydrogens (tertiary/aromatic N) is 1. The minimum Gasteiger partial charge on any atom is -0.349 e. The summed E-state index contributed by atoms with van der Waals surface area (Å²) in [5, 5.41) is 3.23. The highest BCUT2D eigenvalue weighted by Gasteiger charge is 2.23. The third-order valence-electron chi connectivity index (χ3n) is 3.57. The van der Waals surface area contributed by atoms with Gasteiger partial charge in [0.2, 0.25) is 5.91 Å². The zero-order valence-electron chi connectivity index (χ0n) is 12.6. The Labute approximate surface area is 134 Å². The summed E-state index contributed by atoms with van der Waals surface area (Å²) in [6.45, 7) is 0. The van der Waals surface area contributed by atoms with Crippen molar-refractivity contribution in [3.05, 3.63) is 60.8 Å². The SMILES string of the molecule is Cn1cc(S(=O)(=O)CC(=O)Nc2ccccc2)c2ccccc21. The largest absolute Gasteiger partial charge is 0.349 e. The van der Waals surface area contributed by atoms with E-state index in [1.54, 1.807) is 54.2 Å². The molecule has 6 heteroatoms. The maximum absolute atomic E-state index is 12.6. The number of nitrogens with one attached hydrogen (secondary N) is 1. The number of benzene rings is 2. The highest BCUT2D eigenvalue weighted by molar-refractivity contribution is 7.92. The molecule has 0 saturated carbocycles. The molecule has 0 spiro atoms. The van der Waals surface area contributed by atoms with Crippen LogP contribution >= 0.6 is 0 Å². The van der Waals surface area contributed by atoms with Gasteiger partial charge in [-0.15, -0.1) is 0 Å². The molecule has 0 unspecified atom stereocenters. The van der Waals surface area contributed by atoms with Crippen LogP contribution in [0.4, 0.5) is 5.69 Å². The first-order valence-electron chi connectivity index (χ1n) is 7.09. The van der Waals surface area contributed by atoms with Gasteiger partial charge in [0.15, 0.2) is 9.84 Å². The summed E-state index contributed by atoms with van der Waals surface area (Å²) in [6.07, 6.45) is 1.55. The summed E-state index contributed by atoms with van der Waals surface area (Å²) >= 11 is 0. The quantitative estimate of drug-likeness (QED) is 0.800. The second-order valence-electron chi connectivity index (χ2n) is 5.29. The normalized spacial score (nSPS) is 11.5. The van der Waals surface area contributed by atoms with E-state index < -0.39 is 21.5 Å². The number of hydrogen-bond donors (Lipinski definition) is 1. The molecule has 0 radical (unpaired) electrons. The average Bonchev–Trinajstić information content (AvgIpc) is 2.86. The molecule has 0 atom stereocenters. The fourth-order valence-electron chi connectivity index (χ4n) is 2.52. The van der Waals surface area contributed by atoms with Crippen LogP contribution in [-0.4, -0.2) is 24.6 Å². The Balaban J connectivity index is 1.88. The van der Waals surface area contributed by atoms with Gasteiger partial charge in [0.25, 0.3) is 0 Å². The number of carbonyl (C=O) groups excluding carboxylic acids is 1. The molecule has 118 valence electrons. The maximum Gasteiger partial charge on any atom is 0.239 e. The fraction of sp³-hybridized carbons (Fsp3) is 0.118. The first-order valence-corrected chi connectivity index (χ1v) is 8.74. The molecule has 0 aliphatic rings. The zero-order valence-corrected chi connectivity index (χ0v) is 13.4. The molecule has 3 aromatic rings. The van der Waals surface area contributed by atoms with Gasteiger partial charge in [0.05, 0.1) is 4.90 Å². The summed E-state index contributed by atoms with van der Waals surface area (Å²) in [4.78, 5) is 12.2. The smallest absolute Gasteiger partial charge is 0.239 e. The van der Waals surface area contributed by atoms with E-state index in [-0.39, 0.29) is 4.90 Å². The van der Waals surface area contributed by atoms with E-state index >= 15 is 0 Å². The predicted octanol–water partition coefficient (Wildman–Crippen LogP) is 2.59. The van der Waals surface area contributed by atoms with Gasteiger partial charge in [0.1, 0.15) is 5.75 Å². The van der Waals surface area contributed by atoms with Crippen LogP contribution in [0.2, 0.25) is 0 Å². The first kappa shape index (κ1) is 15.3. The van der Waals surface area contributed by atoms with Crippen molar-refractivity contribution in [1.29, 1.82) is 0 Å². The zero-order chi connectivity index (χ0) is 16.4. The first-order chi connectivity index (χ1) is 11.0. The van der Waals surface area contributed by atoms with Gasteiger partial charge in [-0.2, -0.15) is 0 Å². The number of sulfone groups is 1. The monoisotopic (exact) mass is 328 g/mol. The molecular weight excluding hydrogens is 312 g/mol. The topological polar surface area (TPSA) is 68.2 Å². The Morgan fingerprint density at radius 1 is 1.04 bits per heavy atom. The van der Waals surface area contributed by atoms with Crippen molar-refractivity contribution in [3.8, 4) is 0 Å². The molecule has 2 aromatic carbocycles. The molecule has 0 fully saturated rings. The molecule has 0 aliphatic carbocycles. The van der Waals surface area contributed by atoms with Crippen LogP contribution in [0.1, 0.15) is 0 Å². The number of rotatable bonds is 4. The second-order valence-corrected chi connectivity index (χ2v) is 7.25. The molecule has 5 nitrogen and oxygen atoms in total. The van der Waals surface area contributed by atoms with Crippen molar-refractivity contribution < 1.29 is 13.2 Å². The van der Waals surface area contributed by atoms with Gasteiger partial charge < -0.3 is 9.88 Å². The molecule has 1 N–H and O–H groups in total. The van der Waals surface area contributed by atoms with Crippen LogP contribution in [-0.2, 0) is 21.7 Å². The van der Waals surface area contributed by atoms with Crippen LogP contribution in [0.15, 0.2) is 65.7 Å². The molecule has 3 rings (SSSR count). The Morgan fingerprint density at radius 2 is 1.70 bits per heavy atom. The van der Waals surface area contributed by atoms with Gasteiger partial charge >= 0.3 is 0 Å². The van der Waals surface area contributed by atoms with Gasteiger partial charge in [0, 0.05) is 29.8 Å². The Kier molecular flexibility index (Phi) is 3.92.